The largest absolute Gasteiger partial charge is 0.481 e. The normalized spacial score (nSPS) is 11.4. The Labute approximate surface area is 138 Å². The summed E-state index contributed by atoms with van der Waals surface area (Å²) in [6.07, 6.45) is -0.868. The Balaban J connectivity index is 2.05. The van der Waals surface area contributed by atoms with Crippen molar-refractivity contribution in [3.05, 3.63) is 64.2 Å². The predicted octanol–water partition coefficient (Wildman–Crippen LogP) is 3.20. The van der Waals surface area contributed by atoms with Crippen LogP contribution in [-0.2, 0) is 4.79 Å². The van der Waals surface area contributed by atoms with Gasteiger partial charge in [0.05, 0.1) is 4.92 Å². The van der Waals surface area contributed by atoms with Gasteiger partial charge in [-0.15, -0.1) is 0 Å². The molecule has 0 aliphatic heterocycles. The minimum absolute atomic E-state index is 0.0660. The van der Waals surface area contributed by atoms with Gasteiger partial charge in [0.15, 0.2) is 11.9 Å². The van der Waals surface area contributed by atoms with Gasteiger partial charge in [-0.1, -0.05) is 12.1 Å². The van der Waals surface area contributed by atoms with E-state index in [9.17, 15) is 19.7 Å². The molecule has 1 N–H and O–H groups in total. The SMILES string of the molecule is CC(=O)c1ccc(O[C@@H](C)C(=O)Nc2ccccc2[N+](=O)[O-])cc1. The van der Waals surface area contributed by atoms with Crippen LogP contribution in [-0.4, -0.2) is 22.7 Å². The summed E-state index contributed by atoms with van der Waals surface area (Å²) in [5.74, 6) is -0.158. The van der Waals surface area contributed by atoms with Gasteiger partial charge in [0.2, 0.25) is 0 Å². The second-order valence-corrected chi connectivity index (χ2v) is 5.10. The van der Waals surface area contributed by atoms with Gasteiger partial charge in [-0.25, -0.2) is 0 Å². The van der Waals surface area contributed by atoms with Gasteiger partial charge < -0.3 is 10.1 Å². The quantitative estimate of drug-likeness (QED) is 0.499. The molecule has 0 bridgehead atoms. The Morgan fingerprint density at radius 3 is 2.33 bits per heavy atom. The number of ketones is 1. The molecule has 24 heavy (non-hydrogen) atoms. The van der Waals surface area contributed by atoms with Gasteiger partial charge in [0, 0.05) is 11.6 Å². The first-order valence-corrected chi connectivity index (χ1v) is 7.20. The molecule has 0 aliphatic rings. The maximum absolute atomic E-state index is 12.2. The number of hydrogen-bond donors (Lipinski definition) is 1. The van der Waals surface area contributed by atoms with Crippen LogP contribution in [0.5, 0.6) is 5.75 Å². The van der Waals surface area contributed by atoms with E-state index in [1.54, 1.807) is 30.3 Å². The summed E-state index contributed by atoms with van der Waals surface area (Å²) in [5, 5.41) is 13.4. The molecular formula is C17H16N2O5. The summed E-state index contributed by atoms with van der Waals surface area (Å²) >= 11 is 0. The standard InChI is InChI=1S/C17H16N2O5/c1-11(20)13-7-9-14(10-8-13)24-12(2)17(21)18-15-5-3-4-6-16(15)19(22)23/h3-10,12H,1-2H3,(H,18,21)/t12-/m0/s1. The predicted molar refractivity (Wildman–Crippen MR) is 88.3 cm³/mol. The number of ether oxygens (including phenoxy) is 1. The van der Waals surface area contributed by atoms with Crippen molar-refractivity contribution in [2.45, 2.75) is 20.0 Å². The third-order valence-electron chi connectivity index (χ3n) is 3.30. The van der Waals surface area contributed by atoms with Crippen LogP contribution in [0.3, 0.4) is 0 Å². The third kappa shape index (κ3) is 4.16. The number of nitrogens with one attached hydrogen (secondary N) is 1. The molecule has 0 unspecified atom stereocenters. The summed E-state index contributed by atoms with van der Waals surface area (Å²) in [6, 6.07) is 12.2. The molecule has 0 fully saturated rings. The van der Waals surface area contributed by atoms with E-state index in [0.29, 0.717) is 11.3 Å². The summed E-state index contributed by atoms with van der Waals surface area (Å²) in [7, 11) is 0. The van der Waals surface area contributed by atoms with Crippen LogP contribution >= 0.6 is 0 Å². The summed E-state index contributed by atoms with van der Waals surface area (Å²) in [6.45, 7) is 2.99. The number of anilines is 1. The number of amides is 1. The molecule has 0 spiro atoms. The topological polar surface area (TPSA) is 98.5 Å². The van der Waals surface area contributed by atoms with Crippen molar-refractivity contribution in [1.29, 1.82) is 0 Å². The number of nitrogens with zero attached hydrogens (tertiary/aromatic N) is 1. The fourth-order valence-electron chi connectivity index (χ4n) is 2.00. The number of nitro groups is 1. The van der Waals surface area contributed by atoms with Crippen LogP contribution in [0.15, 0.2) is 48.5 Å². The van der Waals surface area contributed by atoms with Crippen LogP contribution in [0, 0.1) is 10.1 Å². The zero-order chi connectivity index (χ0) is 17.7. The van der Waals surface area contributed by atoms with Crippen molar-refractivity contribution >= 4 is 23.1 Å². The van der Waals surface area contributed by atoms with Gasteiger partial charge in [0.1, 0.15) is 11.4 Å². The van der Waals surface area contributed by atoms with E-state index in [0.717, 1.165) is 0 Å². The highest BCUT2D eigenvalue weighted by atomic mass is 16.6. The van der Waals surface area contributed by atoms with Crippen molar-refractivity contribution in [3.8, 4) is 5.75 Å². The second-order valence-electron chi connectivity index (χ2n) is 5.10. The van der Waals surface area contributed by atoms with Gasteiger partial charge in [-0.2, -0.15) is 0 Å². The van der Waals surface area contributed by atoms with Gasteiger partial charge >= 0.3 is 0 Å². The number of nitro benzene ring substituents is 1. The molecule has 2 rings (SSSR count). The maximum Gasteiger partial charge on any atom is 0.292 e. The van der Waals surface area contributed by atoms with Crippen LogP contribution in [0.2, 0.25) is 0 Å². The lowest BCUT2D eigenvalue weighted by molar-refractivity contribution is -0.383. The highest BCUT2D eigenvalue weighted by Crippen LogP contribution is 2.23. The Morgan fingerprint density at radius 1 is 1.12 bits per heavy atom. The minimum Gasteiger partial charge on any atom is -0.481 e. The molecular weight excluding hydrogens is 312 g/mol. The van der Waals surface area contributed by atoms with E-state index in [-0.39, 0.29) is 17.2 Å². The number of hydrogen-bond acceptors (Lipinski definition) is 5. The zero-order valence-corrected chi connectivity index (χ0v) is 13.2. The molecule has 2 aromatic rings. The number of rotatable bonds is 6. The molecule has 0 saturated heterocycles. The monoisotopic (exact) mass is 328 g/mol. The van der Waals surface area contributed by atoms with Gasteiger partial charge in [-0.3, -0.25) is 19.7 Å². The maximum atomic E-state index is 12.2. The number of benzene rings is 2. The smallest absolute Gasteiger partial charge is 0.292 e. The minimum atomic E-state index is -0.868. The van der Waals surface area contributed by atoms with Crippen molar-refractivity contribution in [2.24, 2.45) is 0 Å². The van der Waals surface area contributed by atoms with E-state index >= 15 is 0 Å². The summed E-state index contributed by atoms with van der Waals surface area (Å²) < 4.78 is 5.49. The average Bonchev–Trinajstić information content (AvgIpc) is 2.55. The molecule has 124 valence electrons. The first kappa shape index (κ1) is 17.1. The molecule has 0 radical (unpaired) electrons. The van der Waals surface area contributed by atoms with Crippen LogP contribution in [0.25, 0.3) is 0 Å². The lowest BCUT2D eigenvalue weighted by atomic mass is 10.1. The first-order chi connectivity index (χ1) is 11.4. The summed E-state index contributed by atoms with van der Waals surface area (Å²) in [5.41, 5.74) is 0.457. The molecule has 2 aromatic carbocycles. The second kappa shape index (κ2) is 7.36. The Kier molecular flexibility index (Phi) is 5.26. The zero-order valence-electron chi connectivity index (χ0n) is 13.2. The van der Waals surface area contributed by atoms with Crippen LogP contribution < -0.4 is 10.1 Å². The van der Waals surface area contributed by atoms with Crippen molar-refractivity contribution < 1.29 is 19.2 Å². The average molecular weight is 328 g/mol. The fourth-order valence-corrected chi connectivity index (χ4v) is 2.00. The Bertz CT molecular complexity index is 771. The Morgan fingerprint density at radius 2 is 1.75 bits per heavy atom. The number of carbonyl (C=O) groups is 2. The van der Waals surface area contributed by atoms with Crippen molar-refractivity contribution in [2.75, 3.05) is 5.32 Å². The Hall–Kier alpha value is -3.22. The molecule has 0 heterocycles. The first-order valence-electron chi connectivity index (χ1n) is 7.20. The van der Waals surface area contributed by atoms with E-state index in [2.05, 4.69) is 5.32 Å². The van der Waals surface area contributed by atoms with Crippen LogP contribution in [0.1, 0.15) is 24.2 Å². The van der Waals surface area contributed by atoms with Gasteiger partial charge in [-0.05, 0) is 44.2 Å². The van der Waals surface area contributed by atoms with Gasteiger partial charge in [0.25, 0.3) is 11.6 Å². The highest BCUT2D eigenvalue weighted by Gasteiger charge is 2.19. The van der Waals surface area contributed by atoms with E-state index in [1.165, 1.54) is 32.0 Å². The van der Waals surface area contributed by atoms with Crippen LogP contribution in [0.4, 0.5) is 11.4 Å². The highest BCUT2D eigenvalue weighted by molar-refractivity contribution is 5.96. The third-order valence-corrected chi connectivity index (χ3v) is 3.30. The summed E-state index contributed by atoms with van der Waals surface area (Å²) in [4.78, 5) is 33.7. The van der Waals surface area contributed by atoms with E-state index < -0.39 is 16.9 Å². The molecule has 7 heteroatoms. The number of para-hydroxylation sites is 2. The van der Waals surface area contributed by atoms with Crippen molar-refractivity contribution in [1.82, 2.24) is 0 Å². The number of Topliss-reactive ketones (excluding diaryl/α,β-unsaturated/α-hetero) is 1. The lowest BCUT2D eigenvalue weighted by Gasteiger charge is -2.15. The lowest BCUT2D eigenvalue weighted by Crippen LogP contribution is -2.30. The molecule has 1 atom stereocenters. The van der Waals surface area contributed by atoms with E-state index in [4.69, 9.17) is 4.74 Å². The van der Waals surface area contributed by atoms with Crippen molar-refractivity contribution in [3.63, 3.8) is 0 Å². The molecule has 7 nitrogen and oxygen atoms in total. The van der Waals surface area contributed by atoms with E-state index in [1.807, 2.05) is 0 Å². The molecule has 0 aliphatic carbocycles. The number of carbonyl (C=O) groups excluding carboxylic acids is 2. The fraction of sp³-hybridized carbons (Fsp3) is 0.176. The molecule has 0 aromatic heterocycles. The molecule has 1 amide bonds. The molecule has 0 saturated carbocycles.